The van der Waals surface area contributed by atoms with Crippen molar-refractivity contribution >= 4 is 5.78 Å². The van der Waals surface area contributed by atoms with E-state index in [1.807, 2.05) is 0 Å². The maximum Gasteiger partial charge on any atom is 0.205 e. The van der Waals surface area contributed by atoms with Gasteiger partial charge in [0.15, 0.2) is 0 Å². The van der Waals surface area contributed by atoms with Crippen LogP contribution in [0.1, 0.15) is 71.6 Å². The summed E-state index contributed by atoms with van der Waals surface area (Å²) >= 11 is 0. The number of carbonyl (C=O) groups excluding carboxylic acids is 1. The van der Waals surface area contributed by atoms with E-state index in [0.29, 0.717) is 6.42 Å². The Bertz CT molecular complexity index is 207. The molecule has 0 aromatic heterocycles. The molecule has 0 rings (SSSR count). The van der Waals surface area contributed by atoms with Gasteiger partial charge in [-0.3, -0.25) is 4.79 Å². The smallest absolute Gasteiger partial charge is 0.205 e. The molecular formula is C14H24O. The number of Topliss-reactive ketones (excluding diaryl/α,β-unsaturated/α-hetero) is 1. The van der Waals surface area contributed by atoms with Crippen molar-refractivity contribution in [3.05, 3.63) is 0 Å². The first-order valence-corrected chi connectivity index (χ1v) is 6.33. The molecule has 0 atom stereocenters. The molecule has 0 aromatic carbocycles. The zero-order valence-corrected chi connectivity index (χ0v) is 10.3. The first-order valence-electron chi connectivity index (χ1n) is 6.33. The second kappa shape index (κ2) is 11.3. The minimum absolute atomic E-state index is 0.127. The van der Waals surface area contributed by atoms with Crippen molar-refractivity contribution in [3.63, 3.8) is 0 Å². The minimum atomic E-state index is 0.127. The Morgan fingerprint density at radius 2 is 1.60 bits per heavy atom. The third-order valence-electron chi connectivity index (χ3n) is 2.39. The molecule has 0 aliphatic carbocycles. The molecule has 86 valence electrons. The number of hydrogen-bond acceptors (Lipinski definition) is 1. The molecule has 0 aliphatic rings. The SMILES string of the molecule is CCCCC#CC(=O)CCCCCCC. The second-order valence-corrected chi connectivity index (χ2v) is 3.99. The quantitative estimate of drug-likeness (QED) is 0.333. The molecule has 1 heteroatoms. The van der Waals surface area contributed by atoms with E-state index >= 15 is 0 Å². The van der Waals surface area contributed by atoms with Crippen molar-refractivity contribution < 1.29 is 4.79 Å². The highest BCUT2D eigenvalue weighted by Gasteiger charge is 1.96. The second-order valence-electron chi connectivity index (χ2n) is 3.99. The van der Waals surface area contributed by atoms with Crippen LogP contribution in [0.5, 0.6) is 0 Å². The van der Waals surface area contributed by atoms with Gasteiger partial charge >= 0.3 is 0 Å². The zero-order chi connectivity index (χ0) is 11.4. The Balaban J connectivity index is 3.35. The predicted molar refractivity (Wildman–Crippen MR) is 65.7 cm³/mol. The number of ketones is 1. The van der Waals surface area contributed by atoms with E-state index in [1.165, 1.54) is 25.7 Å². The normalized spacial score (nSPS) is 9.47. The Kier molecular flexibility index (Phi) is 10.7. The lowest BCUT2D eigenvalue weighted by Gasteiger charge is -1.96. The van der Waals surface area contributed by atoms with Gasteiger partial charge in [0.05, 0.1) is 0 Å². The lowest BCUT2D eigenvalue weighted by atomic mass is 10.1. The maximum atomic E-state index is 11.3. The molecule has 0 saturated heterocycles. The van der Waals surface area contributed by atoms with Crippen molar-refractivity contribution in [2.75, 3.05) is 0 Å². The van der Waals surface area contributed by atoms with Crippen LogP contribution < -0.4 is 0 Å². The molecule has 0 unspecified atom stereocenters. The number of hydrogen-bond donors (Lipinski definition) is 0. The Morgan fingerprint density at radius 3 is 2.27 bits per heavy atom. The summed E-state index contributed by atoms with van der Waals surface area (Å²) in [4.78, 5) is 11.3. The predicted octanol–water partition coefficient (Wildman–Crippen LogP) is 4.11. The fourth-order valence-corrected chi connectivity index (χ4v) is 1.38. The van der Waals surface area contributed by atoms with Crippen LogP contribution in [0.2, 0.25) is 0 Å². The summed E-state index contributed by atoms with van der Waals surface area (Å²) in [6, 6.07) is 0. The van der Waals surface area contributed by atoms with Gasteiger partial charge in [-0.15, -0.1) is 0 Å². The van der Waals surface area contributed by atoms with Crippen LogP contribution in [0.15, 0.2) is 0 Å². The Labute approximate surface area is 94.6 Å². The molecular weight excluding hydrogens is 184 g/mol. The molecule has 0 saturated carbocycles. The van der Waals surface area contributed by atoms with Gasteiger partial charge in [0.25, 0.3) is 0 Å². The molecule has 0 aliphatic heterocycles. The summed E-state index contributed by atoms with van der Waals surface area (Å²) in [5.74, 6) is 5.79. The van der Waals surface area contributed by atoms with Gasteiger partial charge in [-0.05, 0) is 18.8 Å². The van der Waals surface area contributed by atoms with Crippen LogP contribution in [0.4, 0.5) is 0 Å². The van der Waals surface area contributed by atoms with Gasteiger partial charge < -0.3 is 0 Å². The lowest BCUT2D eigenvalue weighted by Crippen LogP contribution is -1.93. The topological polar surface area (TPSA) is 17.1 Å². The first-order chi connectivity index (χ1) is 7.31. The molecule has 0 aromatic rings. The molecule has 15 heavy (non-hydrogen) atoms. The van der Waals surface area contributed by atoms with Crippen LogP contribution in [0, 0.1) is 11.8 Å². The highest BCUT2D eigenvalue weighted by Crippen LogP contribution is 2.04. The average Bonchev–Trinajstić information content (AvgIpc) is 2.24. The fraction of sp³-hybridized carbons (Fsp3) is 0.786. The standard InChI is InChI=1S/C14H24O/c1-3-5-7-9-11-13-14(15)12-10-8-6-4-2/h3-9,11,13H2,1-2H3. The van der Waals surface area contributed by atoms with Crippen LogP contribution >= 0.6 is 0 Å². The van der Waals surface area contributed by atoms with E-state index in [-0.39, 0.29) is 5.78 Å². The van der Waals surface area contributed by atoms with Gasteiger partial charge in [-0.1, -0.05) is 51.9 Å². The minimum Gasteiger partial charge on any atom is -0.285 e. The third-order valence-corrected chi connectivity index (χ3v) is 2.39. The van der Waals surface area contributed by atoms with Crippen LogP contribution in [0.3, 0.4) is 0 Å². The monoisotopic (exact) mass is 208 g/mol. The molecule has 0 fully saturated rings. The zero-order valence-electron chi connectivity index (χ0n) is 10.3. The van der Waals surface area contributed by atoms with Crippen molar-refractivity contribution in [3.8, 4) is 11.8 Å². The molecule has 0 amide bonds. The van der Waals surface area contributed by atoms with Crippen LogP contribution in [-0.2, 0) is 4.79 Å². The Morgan fingerprint density at radius 1 is 0.933 bits per heavy atom. The van der Waals surface area contributed by atoms with E-state index in [9.17, 15) is 4.79 Å². The van der Waals surface area contributed by atoms with Gasteiger partial charge in [0.2, 0.25) is 5.78 Å². The van der Waals surface area contributed by atoms with Crippen molar-refractivity contribution in [1.29, 1.82) is 0 Å². The van der Waals surface area contributed by atoms with E-state index < -0.39 is 0 Å². The van der Waals surface area contributed by atoms with Crippen molar-refractivity contribution in [1.82, 2.24) is 0 Å². The molecule has 0 spiro atoms. The molecule has 0 N–H and O–H groups in total. The highest BCUT2D eigenvalue weighted by molar-refractivity contribution is 5.95. The largest absolute Gasteiger partial charge is 0.285 e. The van der Waals surface area contributed by atoms with Gasteiger partial charge in [0, 0.05) is 12.8 Å². The summed E-state index contributed by atoms with van der Waals surface area (Å²) in [6.07, 6.45) is 9.78. The first kappa shape index (κ1) is 14.2. The number of unbranched alkanes of at least 4 members (excludes halogenated alkanes) is 6. The van der Waals surface area contributed by atoms with Crippen LogP contribution in [-0.4, -0.2) is 5.78 Å². The summed E-state index contributed by atoms with van der Waals surface area (Å²) in [6.45, 7) is 4.33. The van der Waals surface area contributed by atoms with E-state index in [1.54, 1.807) is 0 Å². The van der Waals surface area contributed by atoms with Gasteiger partial charge in [0.1, 0.15) is 0 Å². The molecule has 1 nitrogen and oxygen atoms in total. The summed E-state index contributed by atoms with van der Waals surface area (Å²) in [7, 11) is 0. The molecule has 0 radical (unpaired) electrons. The number of rotatable bonds is 8. The van der Waals surface area contributed by atoms with Gasteiger partial charge in [-0.2, -0.15) is 0 Å². The highest BCUT2D eigenvalue weighted by atomic mass is 16.1. The fourth-order valence-electron chi connectivity index (χ4n) is 1.38. The molecule has 0 heterocycles. The Hall–Kier alpha value is -0.770. The summed E-state index contributed by atoms with van der Waals surface area (Å²) in [5.41, 5.74) is 0. The average molecular weight is 208 g/mol. The maximum absolute atomic E-state index is 11.3. The number of carbonyl (C=O) groups is 1. The van der Waals surface area contributed by atoms with Gasteiger partial charge in [-0.25, -0.2) is 0 Å². The summed E-state index contributed by atoms with van der Waals surface area (Å²) in [5, 5.41) is 0. The molecule has 0 bridgehead atoms. The van der Waals surface area contributed by atoms with Crippen molar-refractivity contribution in [2.24, 2.45) is 0 Å². The lowest BCUT2D eigenvalue weighted by molar-refractivity contribution is -0.113. The van der Waals surface area contributed by atoms with E-state index in [4.69, 9.17) is 0 Å². The summed E-state index contributed by atoms with van der Waals surface area (Å²) < 4.78 is 0. The van der Waals surface area contributed by atoms with Crippen molar-refractivity contribution in [2.45, 2.75) is 71.6 Å². The van der Waals surface area contributed by atoms with E-state index in [0.717, 1.165) is 25.7 Å². The van der Waals surface area contributed by atoms with E-state index in [2.05, 4.69) is 25.7 Å². The third kappa shape index (κ3) is 11.2. The van der Waals surface area contributed by atoms with Crippen LogP contribution in [0.25, 0.3) is 0 Å².